The van der Waals surface area contributed by atoms with Crippen LogP contribution in [0.5, 0.6) is 5.75 Å². The van der Waals surface area contributed by atoms with E-state index in [0.29, 0.717) is 12.6 Å². The molecule has 0 aromatic heterocycles. The Balaban J connectivity index is 1.60. The molecule has 1 aliphatic heterocycles. The van der Waals surface area contributed by atoms with Gasteiger partial charge in [-0.2, -0.15) is 0 Å². The van der Waals surface area contributed by atoms with Gasteiger partial charge >= 0.3 is 0 Å². The molecule has 1 aliphatic carbocycles. The third-order valence-corrected chi connectivity index (χ3v) is 4.76. The van der Waals surface area contributed by atoms with Crippen molar-refractivity contribution in [2.24, 2.45) is 11.7 Å². The highest BCUT2D eigenvalue weighted by Crippen LogP contribution is 2.30. The van der Waals surface area contributed by atoms with Crippen LogP contribution in [0.1, 0.15) is 24.4 Å². The van der Waals surface area contributed by atoms with Gasteiger partial charge in [0.05, 0.1) is 7.11 Å². The average molecular weight is 289 g/mol. The summed E-state index contributed by atoms with van der Waals surface area (Å²) in [7, 11) is 1.72. The summed E-state index contributed by atoms with van der Waals surface area (Å²) < 4.78 is 5.34. The lowest BCUT2D eigenvalue weighted by Gasteiger charge is -2.39. The summed E-state index contributed by atoms with van der Waals surface area (Å²) in [6.07, 6.45) is 2.88. The van der Waals surface area contributed by atoms with Crippen molar-refractivity contribution in [3.63, 3.8) is 0 Å². The van der Waals surface area contributed by atoms with Crippen LogP contribution in [0.25, 0.3) is 0 Å². The molecule has 1 saturated heterocycles. The van der Waals surface area contributed by atoms with E-state index in [0.717, 1.165) is 24.8 Å². The van der Waals surface area contributed by atoms with Gasteiger partial charge in [0, 0.05) is 45.3 Å². The minimum atomic E-state index is 0.308. The molecule has 4 nitrogen and oxygen atoms in total. The minimum absolute atomic E-state index is 0.308. The Morgan fingerprint density at radius 2 is 2.00 bits per heavy atom. The molecule has 21 heavy (non-hydrogen) atoms. The highest BCUT2D eigenvalue weighted by Gasteiger charge is 2.28. The highest BCUT2D eigenvalue weighted by atomic mass is 16.5. The van der Waals surface area contributed by atoms with E-state index in [2.05, 4.69) is 28.0 Å². The molecule has 1 saturated carbocycles. The van der Waals surface area contributed by atoms with Crippen molar-refractivity contribution in [3.8, 4) is 5.75 Å². The predicted molar refractivity (Wildman–Crippen MR) is 85.5 cm³/mol. The second-order valence-corrected chi connectivity index (χ2v) is 6.31. The van der Waals surface area contributed by atoms with E-state index in [1.165, 1.54) is 38.0 Å². The molecular weight excluding hydrogens is 262 g/mol. The molecule has 0 radical (unpaired) electrons. The molecule has 1 heterocycles. The van der Waals surface area contributed by atoms with Gasteiger partial charge < -0.3 is 15.4 Å². The standard InChI is InChI=1S/C17H27N3O/c1-21-16-4-2-3-15(11-16)17(12-18)20-9-7-19(8-10-20)13-14-5-6-14/h2-4,11,14,17H,5-10,12-13,18H2,1H3. The van der Waals surface area contributed by atoms with Gasteiger partial charge in [-0.3, -0.25) is 4.90 Å². The van der Waals surface area contributed by atoms with Gasteiger partial charge in [0.1, 0.15) is 5.75 Å². The van der Waals surface area contributed by atoms with Crippen LogP contribution in [0.4, 0.5) is 0 Å². The first-order chi connectivity index (χ1) is 10.3. The summed E-state index contributed by atoms with van der Waals surface area (Å²) in [5, 5.41) is 0. The molecule has 2 fully saturated rings. The molecule has 2 aliphatic rings. The molecule has 1 aromatic rings. The Kier molecular flexibility index (Phi) is 4.78. The molecule has 1 unspecified atom stereocenters. The van der Waals surface area contributed by atoms with Crippen LogP contribution in [0.3, 0.4) is 0 Å². The Hall–Kier alpha value is -1.10. The third kappa shape index (κ3) is 3.76. The Labute approximate surface area is 127 Å². The first-order valence-electron chi connectivity index (χ1n) is 8.10. The lowest BCUT2D eigenvalue weighted by atomic mass is 10.0. The zero-order valence-corrected chi connectivity index (χ0v) is 13.0. The van der Waals surface area contributed by atoms with E-state index in [-0.39, 0.29) is 0 Å². The number of benzene rings is 1. The fourth-order valence-corrected chi connectivity index (χ4v) is 3.27. The molecule has 1 aromatic carbocycles. The van der Waals surface area contributed by atoms with Crippen LogP contribution in [0.2, 0.25) is 0 Å². The summed E-state index contributed by atoms with van der Waals surface area (Å²) in [5.74, 6) is 1.90. The van der Waals surface area contributed by atoms with E-state index in [1.54, 1.807) is 7.11 Å². The summed E-state index contributed by atoms with van der Waals surface area (Å²) in [6, 6.07) is 8.64. The van der Waals surface area contributed by atoms with E-state index in [9.17, 15) is 0 Å². The zero-order valence-electron chi connectivity index (χ0n) is 13.0. The summed E-state index contributed by atoms with van der Waals surface area (Å²) >= 11 is 0. The maximum Gasteiger partial charge on any atom is 0.119 e. The molecule has 3 rings (SSSR count). The van der Waals surface area contributed by atoms with Crippen LogP contribution in [0.15, 0.2) is 24.3 Å². The van der Waals surface area contributed by atoms with E-state index >= 15 is 0 Å². The van der Waals surface area contributed by atoms with Gasteiger partial charge in [0.2, 0.25) is 0 Å². The van der Waals surface area contributed by atoms with Crippen molar-refractivity contribution < 1.29 is 4.74 Å². The van der Waals surface area contributed by atoms with Gasteiger partial charge in [-0.05, 0) is 36.5 Å². The second-order valence-electron chi connectivity index (χ2n) is 6.31. The number of nitrogens with two attached hydrogens (primary N) is 1. The molecule has 0 amide bonds. The number of piperazine rings is 1. The molecule has 2 N–H and O–H groups in total. The number of ether oxygens (including phenoxy) is 1. The summed E-state index contributed by atoms with van der Waals surface area (Å²) in [5.41, 5.74) is 7.33. The maximum absolute atomic E-state index is 6.06. The topological polar surface area (TPSA) is 41.7 Å². The average Bonchev–Trinajstić information content (AvgIpc) is 3.34. The fraction of sp³-hybridized carbons (Fsp3) is 0.647. The van der Waals surface area contributed by atoms with Gasteiger partial charge in [-0.15, -0.1) is 0 Å². The predicted octanol–water partition coefficient (Wildman–Crippen LogP) is 1.72. The van der Waals surface area contributed by atoms with Gasteiger partial charge in [0.25, 0.3) is 0 Å². The highest BCUT2D eigenvalue weighted by molar-refractivity contribution is 5.30. The lowest BCUT2D eigenvalue weighted by molar-refractivity contribution is 0.0955. The monoisotopic (exact) mass is 289 g/mol. The van der Waals surface area contributed by atoms with Gasteiger partial charge in [-0.1, -0.05) is 12.1 Å². The quantitative estimate of drug-likeness (QED) is 0.866. The molecule has 1 atom stereocenters. The SMILES string of the molecule is COc1cccc(C(CN)N2CCN(CC3CC3)CC2)c1. The van der Waals surface area contributed by atoms with Gasteiger partial charge in [-0.25, -0.2) is 0 Å². The maximum atomic E-state index is 6.06. The van der Waals surface area contributed by atoms with Crippen LogP contribution in [0, 0.1) is 5.92 Å². The summed E-state index contributed by atoms with van der Waals surface area (Å²) in [6.45, 7) is 6.56. The first-order valence-corrected chi connectivity index (χ1v) is 8.10. The lowest BCUT2D eigenvalue weighted by Crippen LogP contribution is -2.49. The van der Waals surface area contributed by atoms with Crippen LogP contribution in [-0.4, -0.2) is 56.2 Å². The van der Waals surface area contributed by atoms with Crippen LogP contribution < -0.4 is 10.5 Å². The van der Waals surface area contributed by atoms with Crippen molar-refractivity contribution in [1.82, 2.24) is 9.80 Å². The van der Waals surface area contributed by atoms with Crippen LogP contribution >= 0.6 is 0 Å². The number of hydrogen-bond donors (Lipinski definition) is 1. The van der Waals surface area contributed by atoms with E-state index < -0.39 is 0 Å². The largest absolute Gasteiger partial charge is 0.497 e. The van der Waals surface area contributed by atoms with E-state index in [4.69, 9.17) is 10.5 Å². The smallest absolute Gasteiger partial charge is 0.119 e. The Bertz CT molecular complexity index is 453. The minimum Gasteiger partial charge on any atom is -0.497 e. The normalized spacial score (nSPS) is 22.2. The molecule has 0 bridgehead atoms. The van der Waals surface area contributed by atoms with Crippen molar-refractivity contribution in [2.75, 3.05) is 46.4 Å². The number of hydrogen-bond acceptors (Lipinski definition) is 4. The summed E-state index contributed by atoms with van der Waals surface area (Å²) in [4.78, 5) is 5.14. The molecule has 0 spiro atoms. The number of nitrogens with zero attached hydrogens (tertiary/aromatic N) is 2. The van der Waals surface area contributed by atoms with Crippen LogP contribution in [-0.2, 0) is 0 Å². The number of rotatable bonds is 6. The van der Waals surface area contributed by atoms with Crippen molar-refractivity contribution in [2.45, 2.75) is 18.9 Å². The molecule has 116 valence electrons. The van der Waals surface area contributed by atoms with E-state index in [1.807, 2.05) is 6.07 Å². The third-order valence-electron chi connectivity index (χ3n) is 4.76. The second kappa shape index (κ2) is 6.77. The zero-order chi connectivity index (χ0) is 14.7. The fourth-order valence-electron chi connectivity index (χ4n) is 3.27. The van der Waals surface area contributed by atoms with Crippen molar-refractivity contribution in [3.05, 3.63) is 29.8 Å². The Morgan fingerprint density at radius 3 is 2.62 bits per heavy atom. The first kappa shape index (κ1) is 14.8. The van der Waals surface area contributed by atoms with Gasteiger partial charge in [0.15, 0.2) is 0 Å². The molecule has 4 heteroatoms. The Morgan fingerprint density at radius 1 is 1.24 bits per heavy atom. The van der Waals surface area contributed by atoms with Crippen molar-refractivity contribution >= 4 is 0 Å². The van der Waals surface area contributed by atoms with Crippen molar-refractivity contribution in [1.29, 1.82) is 0 Å². The molecular formula is C17H27N3O. The number of methoxy groups -OCH3 is 1.